The van der Waals surface area contributed by atoms with Crippen LogP contribution in [0.2, 0.25) is 0 Å². The van der Waals surface area contributed by atoms with Crippen LogP contribution in [0.4, 0.5) is 5.69 Å². The van der Waals surface area contributed by atoms with Gasteiger partial charge in [-0.05, 0) is 0 Å². The fourth-order valence-electron chi connectivity index (χ4n) is 1.14. The number of rotatable bonds is 1. The molecule has 60 valence electrons. The normalized spacial score (nSPS) is 15.2. The largest absolute Gasteiger partial charge is 0.443 e. The molecule has 0 saturated carbocycles. The van der Waals surface area contributed by atoms with Crippen LogP contribution >= 0.6 is 0 Å². The molecule has 1 aromatic rings. The van der Waals surface area contributed by atoms with Gasteiger partial charge in [0, 0.05) is 18.2 Å². The third-order valence-electron chi connectivity index (χ3n) is 1.74. The Labute approximate surface area is 71.4 Å². The van der Waals surface area contributed by atoms with Gasteiger partial charge in [0.15, 0.2) is 6.21 Å². The van der Waals surface area contributed by atoms with Crippen molar-refractivity contribution in [2.24, 2.45) is 0 Å². The molecule has 0 N–H and O–H groups in total. The van der Waals surface area contributed by atoms with Crippen molar-refractivity contribution >= 4 is 11.9 Å². The summed E-state index contributed by atoms with van der Waals surface area (Å²) in [5.41, 5.74) is 1.15. The van der Waals surface area contributed by atoms with Gasteiger partial charge in [-0.3, -0.25) is 0 Å². The minimum Gasteiger partial charge on any atom is -0.443 e. The summed E-state index contributed by atoms with van der Waals surface area (Å²) in [7, 11) is 0. The molecule has 1 heterocycles. The Kier molecular flexibility index (Phi) is 1.90. The van der Waals surface area contributed by atoms with Crippen LogP contribution in [0.15, 0.2) is 42.7 Å². The van der Waals surface area contributed by atoms with E-state index in [-0.39, 0.29) is 0 Å². The highest BCUT2D eigenvalue weighted by Crippen LogP contribution is 2.10. The molecule has 0 saturated heterocycles. The van der Waals surface area contributed by atoms with Gasteiger partial charge in [0.1, 0.15) is 0 Å². The number of benzene rings is 1. The minimum absolute atomic E-state index is 0.598. The highest BCUT2D eigenvalue weighted by Gasteiger charge is 2.08. The van der Waals surface area contributed by atoms with Crippen LogP contribution in [0, 0.1) is 0 Å². The standard InChI is InChI=1S/C10H10NO/c1-2-5-10(6-3-1)11-7-4-8-12-9-11/h1-8H,9H2/q+1. The minimum atomic E-state index is 0.598. The van der Waals surface area contributed by atoms with E-state index in [9.17, 15) is 0 Å². The highest BCUT2D eigenvalue weighted by molar-refractivity contribution is 5.67. The Balaban J connectivity index is 2.31. The van der Waals surface area contributed by atoms with Gasteiger partial charge < -0.3 is 4.74 Å². The van der Waals surface area contributed by atoms with Crippen LogP contribution in [-0.4, -0.2) is 17.5 Å². The lowest BCUT2D eigenvalue weighted by Gasteiger charge is -2.03. The monoisotopic (exact) mass is 160 g/mol. The number of ether oxygens (including phenoxy) is 1. The Hall–Kier alpha value is -1.57. The van der Waals surface area contributed by atoms with Crippen molar-refractivity contribution in [3.8, 4) is 0 Å². The fraction of sp³-hybridized carbons (Fsp3) is 0.100. The second-order valence-electron chi connectivity index (χ2n) is 2.58. The summed E-state index contributed by atoms with van der Waals surface area (Å²) in [5, 5.41) is 0. The molecule has 1 aliphatic rings. The van der Waals surface area contributed by atoms with E-state index in [0.29, 0.717) is 6.73 Å². The van der Waals surface area contributed by atoms with Crippen LogP contribution in [-0.2, 0) is 4.74 Å². The lowest BCUT2D eigenvalue weighted by Crippen LogP contribution is -2.12. The predicted octanol–water partition coefficient (Wildman–Crippen LogP) is 1.90. The van der Waals surface area contributed by atoms with E-state index in [1.165, 1.54) is 0 Å². The summed E-state index contributed by atoms with van der Waals surface area (Å²) in [6.45, 7) is 0.598. The van der Waals surface area contributed by atoms with E-state index in [4.69, 9.17) is 4.74 Å². The summed E-state index contributed by atoms with van der Waals surface area (Å²) in [4.78, 5) is 0. The first-order valence-electron chi connectivity index (χ1n) is 3.90. The van der Waals surface area contributed by atoms with Gasteiger partial charge in [0.05, 0.1) is 6.26 Å². The molecule has 0 radical (unpaired) electrons. The van der Waals surface area contributed by atoms with Gasteiger partial charge in [-0.15, -0.1) is 0 Å². The maximum Gasteiger partial charge on any atom is 0.291 e. The van der Waals surface area contributed by atoms with Crippen molar-refractivity contribution in [2.75, 3.05) is 6.73 Å². The number of allylic oxidation sites excluding steroid dienone is 1. The van der Waals surface area contributed by atoms with E-state index < -0.39 is 0 Å². The zero-order valence-corrected chi connectivity index (χ0v) is 6.68. The predicted molar refractivity (Wildman–Crippen MR) is 47.5 cm³/mol. The zero-order chi connectivity index (χ0) is 8.23. The van der Waals surface area contributed by atoms with Crippen LogP contribution < -0.4 is 0 Å². The third kappa shape index (κ3) is 1.37. The Morgan fingerprint density at radius 3 is 2.67 bits per heavy atom. The first kappa shape index (κ1) is 7.10. The fourth-order valence-corrected chi connectivity index (χ4v) is 1.14. The molecular formula is C10H10NO+. The molecule has 0 bridgehead atoms. The van der Waals surface area contributed by atoms with E-state index in [2.05, 4.69) is 12.1 Å². The zero-order valence-electron chi connectivity index (χ0n) is 6.68. The third-order valence-corrected chi connectivity index (χ3v) is 1.74. The van der Waals surface area contributed by atoms with E-state index in [1.54, 1.807) is 6.26 Å². The molecule has 12 heavy (non-hydrogen) atoms. The lowest BCUT2D eigenvalue weighted by molar-refractivity contribution is -0.482. The van der Waals surface area contributed by atoms with Gasteiger partial charge in [-0.25, -0.2) is 0 Å². The summed E-state index contributed by atoms with van der Waals surface area (Å²) in [5.74, 6) is 0. The summed E-state index contributed by atoms with van der Waals surface area (Å²) in [6.07, 6.45) is 5.58. The van der Waals surface area contributed by atoms with Crippen molar-refractivity contribution in [1.29, 1.82) is 0 Å². The molecule has 0 spiro atoms. The van der Waals surface area contributed by atoms with Crippen molar-refractivity contribution in [3.05, 3.63) is 42.7 Å². The maximum atomic E-state index is 5.15. The Morgan fingerprint density at radius 1 is 1.17 bits per heavy atom. The van der Waals surface area contributed by atoms with Crippen LogP contribution in [0.25, 0.3) is 0 Å². The number of hydrogen-bond acceptors (Lipinski definition) is 1. The average molecular weight is 160 g/mol. The highest BCUT2D eigenvalue weighted by atomic mass is 16.5. The maximum absolute atomic E-state index is 5.15. The Morgan fingerprint density at radius 2 is 2.00 bits per heavy atom. The SMILES string of the molecule is C1=COC[N+](c2ccccc2)=C1. The molecule has 1 aliphatic heterocycles. The molecule has 0 fully saturated rings. The Bertz CT molecular complexity index is 314. The average Bonchev–Trinajstić information content (AvgIpc) is 2.21. The number of nitrogens with zero attached hydrogens (tertiary/aromatic N) is 1. The van der Waals surface area contributed by atoms with Gasteiger partial charge in [-0.2, -0.15) is 4.58 Å². The van der Waals surface area contributed by atoms with Gasteiger partial charge in [0.2, 0.25) is 5.69 Å². The van der Waals surface area contributed by atoms with Gasteiger partial charge in [-0.1, -0.05) is 18.2 Å². The van der Waals surface area contributed by atoms with Crippen molar-refractivity contribution < 1.29 is 9.31 Å². The van der Waals surface area contributed by atoms with Crippen LogP contribution in [0.5, 0.6) is 0 Å². The topological polar surface area (TPSA) is 12.2 Å². The van der Waals surface area contributed by atoms with Crippen LogP contribution in [0.1, 0.15) is 0 Å². The quantitative estimate of drug-likeness (QED) is 0.571. The first-order chi connectivity index (χ1) is 5.97. The first-order valence-corrected chi connectivity index (χ1v) is 3.90. The van der Waals surface area contributed by atoms with Gasteiger partial charge in [0.25, 0.3) is 6.73 Å². The molecule has 2 rings (SSSR count). The molecule has 0 aromatic heterocycles. The molecule has 0 unspecified atom stereocenters. The smallest absolute Gasteiger partial charge is 0.291 e. The second kappa shape index (κ2) is 3.22. The molecular weight excluding hydrogens is 150 g/mol. The molecule has 2 heteroatoms. The summed E-state index contributed by atoms with van der Waals surface area (Å²) in [6, 6.07) is 10.1. The van der Waals surface area contributed by atoms with Crippen molar-refractivity contribution in [2.45, 2.75) is 0 Å². The van der Waals surface area contributed by atoms with Crippen molar-refractivity contribution in [1.82, 2.24) is 0 Å². The molecule has 0 aliphatic carbocycles. The summed E-state index contributed by atoms with van der Waals surface area (Å²) >= 11 is 0. The van der Waals surface area contributed by atoms with Crippen LogP contribution in [0.3, 0.4) is 0 Å². The van der Waals surface area contributed by atoms with E-state index >= 15 is 0 Å². The molecule has 2 nitrogen and oxygen atoms in total. The second-order valence-corrected chi connectivity index (χ2v) is 2.58. The molecule has 1 aromatic carbocycles. The number of hydrogen-bond donors (Lipinski definition) is 0. The van der Waals surface area contributed by atoms with E-state index in [1.807, 2.05) is 35.1 Å². The lowest BCUT2D eigenvalue weighted by atomic mass is 10.3. The molecule has 0 atom stereocenters. The van der Waals surface area contributed by atoms with E-state index in [0.717, 1.165) is 5.69 Å². The van der Waals surface area contributed by atoms with Gasteiger partial charge >= 0.3 is 0 Å². The van der Waals surface area contributed by atoms with Crippen molar-refractivity contribution in [3.63, 3.8) is 0 Å². The summed E-state index contributed by atoms with van der Waals surface area (Å²) < 4.78 is 7.19. The molecule has 0 amide bonds. The number of para-hydroxylation sites is 1.